The highest BCUT2D eigenvalue weighted by atomic mass is 32.2. The summed E-state index contributed by atoms with van der Waals surface area (Å²) >= 11 is 0. The Morgan fingerprint density at radius 3 is 2.50 bits per heavy atom. The molecule has 1 aliphatic heterocycles. The molecule has 20 heavy (non-hydrogen) atoms. The zero-order valence-electron chi connectivity index (χ0n) is 11.9. The van der Waals surface area contributed by atoms with E-state index in [0.29, 0.717) is 19.6 Å². The third kappa shape index (κ3) is 3.79. The second-order valence-corrected chi connectivity index (χ2v) is 7.01. The quantitative estimate of drug-likeness (QED) is 0.861. The van der Waals surface area contributed by atoms with Crippen LogP contribution in [0.15, 0.2) is 24.3 Å². The molecule has 0 aromatic heterocycles. The Hall–Kier alpha value is -0.950. The first-order valence-electron chi connectivity index (χ1n) is 7.07. The molecule has 1 fully saturated rings. The van der Waals surface area contributed by atoms with Crippen LogP contribution in [-0.2, 0) is 23.3 Å². The Kier molecular flexibility index (Phi) is 5.15. The second-order valence-electron chi connectivity index (χ2n) is 5.30. The first-order valence-corrected chi connectivity index (χ1v) is 8.51. The Labute approximate surface area is 121 Å². The highest BCUT2D eigenvalue weighted by Gasteiger charge is 2.28. The minimum Gasteiger partial charge on any atom is -0.326 e. The van der Waals surface area contributed by atoms with Crippen LogP contribution in [-0.4, -0.2) is 25.3 Å². The fraction of sp³-hybridized carbons (Fsp3) is 0.571. The van der Waals surface area contributed by atoms with Crippen molar-refractivity contribution in [2.75, 3.05) is 6.54 Å². The molecular weight excluding hydrogens is 274 g/mol. The molecule has 5 nitrogen and oxygen atoms in total. The van der Waals surface area contributed by atoms with Crippen LogP contribution in [0.2, 0.25) is 0 Å². The summed E-state index contributed by atoms with van der Waals surface area (Å²) in [5.41, 5.74) is 7.52. The van der Waals surface area contributed by atoms with E-state index in [1.807, 2.05) is 31.2 Å². The first kappa shape index (κ1) is 15.4. The molecule has 1 aliphatic rings. The second kappa shape index (κ2) is 6.67. The molecule has 0 amide bonds. The zero-order chi connectivity index (χ0) is 14.6. The number of nitrogens with zero attached hydrogens (tertiary/aromatic N) is 1. The van der Waals surface area contributed by atoms with Crippen molar-refractivity contribution in [3.63, 3.8) is 0 Å². The number of hydrogen-bond donors (Lipinski definition) is 2. The van der Waals surface area contributed by atoms with E-state index in [1.165, 1.54) is 0 Å². The molecule has 2 rings (SSSR count). The van der Waals surface area contributed by atoms with Gasteiger partial charge in [0.2, 0.25) is 0 Å². The van der Waals surface area contributed by atoms with Crippen molar-refractivity contribution in [2.24, 2.45) is 5.73 Å². The predicted molar refractivity (Wildman–Crippen MR) is 80.1 cm³/mol. The molecule has 0 spiro atoms. The number of hydrogen-bond acceptors (Lipinski definition) is 3. The lowest BCUT2D eigenvalue weighted by Gasteiger charge is -2.32. The third-order valence-corrected chi connectivity index (χ3v) is 5.44. The number of nitrogens with two attached hydrogens (primary N) is 1. The molecule has 1 unspecified atom stereocenters. The maximum absolute atomic E-state index is 12.3. The predicted octanol–water partition coefficient (Wildman–Crippen LogP) is 1.35. The topological polar surface area (TPSA) is 75.4 Å². The molecule has 6 heteroatoms. The summed E-state index contributed by atoms with van der Waals surface area (Å²) in [5, 5.41) is 0. The Balaban J connectivity index is 1.97. The van der Waals surface area contributed by atoms with Crippen LogP contribution in [0.4, 0.5) is 0 Å². The van der Waals surface area contributed by atoms with Crippen molar-refractivity contribution in [3.05, 3.63) is 35.4 Å². The maximum Gasteiger partial charge on any atom is 0.279 e. The van der Waals surface area contributed by atoms with E-state index in [4.69, 9.17) is 5.73 Å². The summed E-state index contributed by atoms with van der Waals surface area (Å²) < 4.78 is 28.8. The van der Waals surface area contributed by atoms with Gasteiger partial charge >= 0.3 is 0 Å². The molecule has 0 saturated carbocycles. The van der Waals surface area contributed by atoms with E-state index in [0.717, 1.165) is 30.4 Å². The van der Waals surface area contributed by atoms with Crippen LogP contribution in [0.5, 0.6) is 0 Å². The summed E-state index contributed by atoms with van der Waals surface area (Å²) in [6.07, 6.45) is 2.98. The van der Waals surface area contributed by atoms with E-state index >= 15 is 0 Å². The average Bonchev–Trinajstić information content (AvgIpc) is 2.46. The summed E-state index contributed by atoms with van der Waals surface area (Å²) in [6, 6.07) is 7.75. The van der Waals surface area contributed by atoms with Gasteiger partial charge in [-0.1, -0.05) is 30.7 Å². The summed E-state index contributed by atoms with van der Waals surface area (Å²) in [4.78, 5) is 0. The van der Waals surface area contributed by atoms with Crippen molar-refractivity contribution in [2.45, 2.75) is 45.3 Å². The van der Waals surface area contributed by atoms with Crippen molar-refractivity contribution < 1.29 is 8.42 Å². The summed E-state index contributed by atoms with van der Waals surface area (Å²) in [7, 11) is -3.39. The van der Waals surface area contributed by atoms with Gasteiger partial charge < -0.3 is 5.73 Å². The number of piperidine rings is 1. The fourth-order valence-corrected chi connectivity index (χ4v) is 3.94. The molecule has 0 aliphatic carbocycles. The number of rotatable bonds is 5. The molecule has 1 aromatic rings. The van der Waals surface area contributed by atoms with E-state index in [2.05, 4.69) is 4.72 Å². The number of benzene rings is 1. The van der Waals surface area contributed by atoms with E-state index in [-0.39, 0.29) is 6.04 Å². The highest BCUT2D eigenvalue weighted by Crippen LogP contribution is 2.19. The van der Waals surface area contributed by atoms with Gasteiger partial charge in [-0.3, -0.25) is 0 Å². The molecular formula is C14H23N3O2S. The normalized spacial score (nSPS) is 21.0. The molecule has 112 valence electrons. The minimum absolute atomic E-state index is 0.0841. The molecule has 0 radical (unpaired) electrons. The van der Waals surface area contributed by atoms with Gasteiger partial charge in [0.15, 0.2) is 0 Å². The monoisotopic (exact) mass is 297 g/mol. The van der Waals surface area contributed by atoms with Crippen molar-refractivity contribution in [1.82, 2.24) is 9.03 Å². The van der Waals surface area contributed by atoms with Crippen LogP contribution in [0.3, 0.4) is 0 Å². The van der Waals surface area contributed by atoms with Gasteiger partial charge in [-0.25, -0.2) is 0 Å². The van der Waals surface area contributed by atoms with Gasteiger partial charge in [-0.05, 0) is 30.9 Å². The van der Waals surface area contributed by atoms with Gasteiger partial charge in [0.25, 0.3) is 10.2 Å². The van der Waals surface area contributed by atoms with Crippen molar-refractivity contribution >= 4 is 10.2 Å². The summed E-state index contributed by atoms with van der Waals surface area (Å²) in [5.74, 6) is 0. The molecule has 0 bridgehead atoms. The standard InChI is InChI=1S/C14H23N3O2S/c1-12-4-2-3-9-17(12)20(18,19)16-11-14-7-5-13(10-15)6-8-14/h5-8,12,16H,2-4,9-11,15H2,1H3. The smallest absolute Gasteiger partial charge is 0.279 e. The first-order chi connectivity index (χ1) is 9.53. The lowest BCUT2D eigenvalue weighted by Crippen LogP contribution is -2.47. The highest BCUT2D eigenvalue weighted by molar-refractivity contribution is 7.87. The minimum atomic E-state index is -3.39. The molecule has 1 saturated heterocycles. The number of nitrogens with one attached hydrogen (secondary N) is 1. The zero-order valence-corrected chi connectivity index (χ0v) is 12.7. The van der Waals surface area contributed by atoms with Crippen LogP contribution in [0, 0.1) is 0 Å². The van der Waals surface area contributed by atoms with Gasteiger partial charge in [0.1, 0.15) is 0 Å². The van der Waals surface area contributed by atoms with Gasteiger partial charge in [-0.2, -0.15) is 17.4 Å². The SMILES string of the molecule is CC1CCCCN1S(=O)(=O)NCc1ccc(CN)cc1. The van der Waals surface area contributed by atoms with E-state index < -0.39 is 10.2 Å². The van der Waals surface area contributed by atoms with E-state index in [9.17, 15) is 8.42 Å². The van der Waals surface area contributed by atoms with Gasteiger partial charge in [0.05, 0.1) is 0 Å². The lowest BCUT2D eigenvalue weighted by molar-refractivity contribution is 0.265. The maximum atomic E-state index is 12.3. The van der Waals surface area contributed by atoms with Crippen LogP contribution < -0.4 is 10.5 Å². The Morgan fingerprint density at radius 2 is 1.90 bits per heavy atom. The fourth-order valence-electron chi connectivity index (χ4n) is 2.48. The van der Waals surface area contributed by atoms with Crippen molar-refractivity contribution in [1.29, 1.82) is 0 Å². The Bertz CT molecular complexity index is 528. The van der Waals surface area contributed by atoms with Crippen molar-refractivity contribution in [3.8, 4) is 0 Å². The van der Waals surface area contributed by atoms with Crippen LogP contribution in [0.25, 0.3) is 0 Å². The average molecular weight is 297 g/mol. The van der Waals surface area contributed by atoms with Gasteiger partial charge in [0, 0.05) is 25.7 Å². The molecule has 1 heterocycles. The molecule has 1 aromatic carbocycles. The molecule has 3 N–H and O–H groups in total. The van der Waals surface area contributed by atoms with Crippen LogP contribution >= 0.6 is 0 Å². The summed E-state index contributed by atoms with van der Waals surface area (Å²) in [6.45, 7) is 3.39. The third-order valence-electron chi connectivity index (χ3n) is 3.77. The molecule has 1 atom stereocenters. The van der Waals surface area contributed by atoms with Crippen LogP contribution in [0.1, 0.15) is 37.3 Å². The Morgan fingerprint density at radius 1 is 1.25 bits per heavy atom. The van der Waals surface area contributed by atoms with Gasteiger partial charge in [-0.15, -0.1) is 0 Å². The largest absolute Gasteiger partial charge is 0.326 e. The lowest BCUT2D eigenvalue weighted by atomic mass is 10.1. The van der Waals surface area contributed by atoms with E-state index in [1.54, 1.807) is 4.31 Å².